The number of benzene rings is 4. The van der Waals surface area contributed by atoms with Crippen molar-refractivity contribution in [2.75, 3.05) is 6.61 Å². The standard InChI is InChI=1S/C32H31N3O2.Ac/c33-31(34)28-13-7-10-24(20-28)21-29(22-36)30(19-14-23-8-3-1-4-9-23)35-32(37)27-17-15-26(16-18-27)25-11-5-2-6-12-25;/h1-20,29-30,36H,21-22H2,(H3,33,34)(H,35,37);/b19-14+;. The molecule has 4 rings (SSSR count). The predicted octanol–water partition coefficient (Wildman–Crippen LogP) is 5.30. The van der Waals surface area contributed by atoms with Gasteiger partial charge in [0.2, 0.25) is 0 Å². The molecule has 4 aromatic carbocycles. The Morgan fingerprint density at radius 2 is 1.47 bits per heavy atom. The number of nitrogens with one attached hydrogen (secondary N) is 2. The van der Waals surface area contributed by atoms with Gasteiger partial charge in [0.05, 0.1) is 6.04 Å². The van der Waals surface area contributed by atoms with Gasteiger partial charge in [-0.05, 0) is 46.9 Å². The number of carbonyl (C=O) groups excluding carboxylic acids is 1. The maximum Gasteiger partial charge on any atom is 0.251 e. The Morgan fingerprint density at radius 1 is 0.842 bits per heavy atom. The molecular formula is C32H31AcN3O2. The Kier molecular flexibility index (Phi) is 11.5. The number of aliphatic hydroxyl groups excluding tert-OH is 1. The van der Waals surface area contributed by atoms with Gasteiger partial charge in [0.15, 0.2) is 0 Å². The molecule has 0 heterocycles. The van der Waals surface area contributed by atoms with Crippen LogP contribution in [0.4, 0.5) is 0 Å². The van der Waals surface area contributed by atoms with E-state index in [2.05, 4.69) is 5.32 Å². The smallest absolute Gasteiger partial charge is 0.251 e. The van der Waals surface area contributed by atoms with E-state index in [4.69, 9.17) is 11.1 Å². The zero-order chi connectivity index (χ0) is 26.0. The van der Waals surface area contributed by atoms with Crippen LogP contribution in [0.15, 0.2) is 115 Å². The Morgan fingerprint density at radius 3 is 2.11 bits per heavy atom. The Hall–Kier alpha value is -3.04. The van der Waals surface area contributed by atoms with Crippen LogP contribution in [0.3, 0.4) is 0 Å². The third-order valence-electron chi connectivity index (χ3n) is 6.33. The molecule has 0 spiro atoms. The minimum atomic E-state index is -0.424. The Balaban J connectivity index is 0.00000400. The van der Waals surface area contributed by atoms with Crippen molar-refractivity contribution in [3.05, 3.63) is 138 Å². The number of hydrogen-bond acceptors (Lipinski definition) is 3. The molecule has 189 valence electrons. The number of hydrogen-bond donors (Lipinski definition) is 4. The van der Waals surface area contributed by atoms with Crippen molar-refractivity contribution in [1.29, 1.82) is 5.41 Å². The van der Waals surface area contributed by atoms with Crippen LogP contribution in [0, 0.1) is 55.4 Å². The first-order chi connectivity index (χ1) is 18.0. The van der Waals surface area contributed by atoms with E-state index in [9.17, 15) is 9.90 Å². The summed E-state index contributed by atoms with van der Waals surface area (Å²) in [7, 11) is 0. The van der Waals surface area contributed by atoms with Crippen LogP contribution in [-0.4, -0.2) is 29.5 Å². The summed E-state index contributed by atoms with van der Waals surface area (Å²) >= 11 is 0. The molecular weight excluding hydrogens is 685 g/mol. The number of amides is 1. The van der Waals surface area contributed by atoms with E-state index in [1.807, 2.05) is 115 Å². The monoisotopic (exact) mass is 716 g/mol. The second-order valence-corrected chi connectivity index (χ2v) is 8.97. The third-order valence-corrected chi connectivity index (χ3v) is 6.33. The fourth-order valence-corrected chi connectivity index (χ4v) is 4.26. The van der Waals surface area contributed by atoms with Crippen molar-refractivity contribution in [3.8, 4) is 11.1 Å². The molecule has 0 saturated carbocycles. The van der Waals surface area contributed by atoms with Crippen LogP contribution in [0.1, 0.15) is 27.0 Å². The first-order valence-electron chi connectivity index (χ1n) is 12.3. The number of nitrogens with two attached hydrogens (primary N) is 1. The molecule has 1 amide bonds. The van der Waals surface area contributed by atoms with Gasteiger partial charge in [-0.1, -0.05) is 103 Å². The molecule has 0 aliphatic heterocycles. The van der Waals surface area contributed by atoms with Crippen LogP contribution in [-0.2, 0) is 6.42 Å². The molecule has 0 saturated heterocycles. The minimum Gasteiger partial charge on any atom is -0.396 e. The molecule has 1 radical (unpaired) electrons. The maximum atomic E-state index is 13.3. The molecule has 5 nitrogen and oxygen atoms in total. The van der Waals surface area contributed by atoms with Crippen molar-refractivity contribution in [2.45, 2.75) is 12.5 Å². The first-order valence-corrected chi connectivity index (χ1v) is 12.3. The van der Waals surface area contributed by atoms with Gasteiger partial charge in [-0.3, -0.25) is 10.2 Å². The molecule has 2 atom stereocenters. The molecule has 0 bridgehead atoms. The average molecular weight is 717 g/mol. The zero-order valence-electron chi connectivity index (χ0n) is 21.1. The summed E-state index contributed by atoms with van der Waals surface area (Å²) in [5.41, 5.74) is 10.9. The van der Waals surface area contributed by atoms with Crippen LogP contribution in [0.5, 0.6) is 0 Å². The number of nitrogen functional groups attached to an aromatic ring is 1. The van der Waals surface area contributed by atoms with E-state index in [1.165, 1.54) is 0 Å². The van der Waals surface area contributed by atoms with E-state index in [0.717, 1.165) is 22.3 Å². The summed E-state index contributed by atoms with van der Waals surface area (Å²) in [5.74, 6) is -0.497. The van der Waals surface area contributed by atoms with Crippen LogP contribution >= 0.6 is 0 Å². The van der Waals surface area contributed by atoms with Gasteiger partial charge in [-0.2, -0.15) is 0 Å². The number of carbonyl (C=O) groups is 1. The topological polar surface area (TPSA) is 99.2 Å². The van der Waals surface area contributed by atoms with Crippen molar-refractivity contribution in [3.63, 3.8) is 0 Å². The predicted molar refractivity (Wildman–Crippen MR) is 150 cm³/mol. The Labute approximate surface area is 259 Å². The van der Waals surface area contributed by atoms with Gasteiger partial charge in [-0.25, -0.2) is 0 Å². The fraction of sp³-hybridized carbons (Fsp3) is 0.125. The fourth-order valence-electron chi connectivity index (χ4n) is 4.26. The van der Waals surface area contributed by atoms with Gasteiger partial charge in [-0.15, -0.1) is 0 Å². The molecule has 0 aliphatic carbocycles. The van der Waals surface area contributed by atoms with E-state index in [-0.39, 0.29) is 68.3 Å². The van der Waals surface area contributed by atoms with E-state index >= 15 is 0 Å². The summed E-state index contributed by atoms with van der Waals surface area (Å²) in [5, 5.41) is 21.2. The summed E-state index contributed by atoms with van der Waals surface area (Å²) in [6, 6.07) is 34.4. The molecule has 38 heavy (non-hydrogen) atoms. The van der Waals surface area contributed by atoms with E-state index in [0.29, 0.717) is 17.5 Å². The summed E-state index contributed by atoms with van der Waals surface area (Å²) in [4.78, 5) is 13.3. The quantitative estimate of drug-likeness (QED) is 0.133. The maximum absolute atomic E-state index is 13.3. The van der Waals surface area contributed by atoms with Crippen LogP contribution in [0.25, 0.3) is 17.2 Å². The summed E-state index contributed by atoms with van der Waals surface area (Å²) < 4.78 is 0. The second kappa shape index (κ2) is 14.8. The van der Waals surface area contributed by atoms with Gasteiger partial charge in [0, 0.05) is 67.7 Å². The molecule has 6 heteroatoms. The number of rotatable bonds is 10. The zero-order valence-corrected chi connectivity index (χ0v) is 25.9. The van der Waals surface area contributed by atoms with Gasteiger partial charge >= 0.3 is 0 Å². The van der Waals surface area contributed by atoms with E-state index < -0.39 is 6.04 Å². The largest absolute Gasteiger partial charge is 0.396 e. The van der Waals surface area contributed by atoms with Crippen molar-refractivity contribution >= 4 is 17.8 Å². The number of aliphatic hydroxyl groups is 1. The van der Waals surface area contributed by atoms with Crippen molar-refractivity contribution in [2.24, 2.45) is 11.7 Å². The SMILES string of the molecule is N=C(N)c1cccc(CC(CO)C(/C=C/c2ccccc2)NC(=O)c2ccc(-c3ccccc3)cc2)c1.[Ac]. The molecule has 4 aromatic rings. The summed E-state index contributed by atoms with van der Waals surface area (Å²) in [6.07, 6.45) is 4.40. The average Bonchev–Trinajstić information content (AvgIpc) is 2.95. The third kappa shape index (κ3) is 8.23. The molecule has 0 fully saturated rings. The van der Waals surface area contributed by atoms with Gasteiger partial charge in [0.1, 0.15) is 5.84 Å². The van der Waals surface area contributed by atoms with Crippen LogP contribution < -0.4 is 11.1 Å². The molecule has 2 unspecified atom stereocenters. The van der Waals surface area contributed by atoms with Crippen LogP contribution in [0.2, 0.25) is 0 Å². The number of amidine groups is 1. The van der Waals surface area contributed by atoms with E-state index in [1.54, 1.807) is 6.07 Å². The first kappa shape index (κ1) is 29.5. The molecule has 5 N–H and O–H groups in total. The van der Waals surface area contributed by atoms with Crippen molar-refractivity contribution < 1.29 is 54.0 Å². The Bertz CT molecular complexity index is 1360. The van der Waals surface area contributed by atoms with Gasteiger partial charge in [0.25, 0.3) is 5.91 Å². The molecule has 0 aliphatic rings. The molecule has 0 aromatic heterocycles. The second-order valence-electron chi connectivity index (χ2n) is 8.97. The van der Waals surface area contributed by atoms with Gasteiger partial charge < -0.3 is 16.2 Å². The minimum absolute atomic E-state index is 0. The summed E-state index contributed by atoms with van der Waals surface area (Å²) in [6.45, 7) is -0.124. The van der Waals surface area contributed by atoms with Crippen molar-refractivity contribution in [1.82, 2.24) is 5.32 Å². The normalized spacial score (nSPS) is 12.3.